The highest BCUT2D eigenvalue weighted by molar-refractivity contribution is 5.50. The van der Waals surface area contributed by atoms with Crippen LogP contribution < -0.4 is 10.5 Å². The van der Waals surface area contributed by atoms with Crippen LogP contribution in [0.1, 0.15) is 12.8 Å². The summed E-state index contributed by atoms with van der Waals surface area (Å²) in [7, 11) is 0. The second-order valence-corrected chi connectivity index (χ2v) is 4.00. The Hall–Kier alpha value is -2.11. The van der Waals surface area contributed by atoms with Gasteiger partial charge in [0.2, 0.25) is 5.95 Å². The van der Waals surface area contributed by atoms with Crippen LogP contribution in [0.3, 0.4) is 0 Å². The fraction of sp³-hybridized carbons (Fsp3) is 0.364. The molecule has 0 bridgehead atoms. The Morgan fingerprint density at radius 1 is 1.29 bits per heavy atom. The van der Waals surface area contributed by atoms with Gasteiger partial charge in [-0.15, -0.1) is 10.2 Å². The molecule has 6 heteroatoms. The van der Waals surface area contributed by atoms with Gasteiger partial charge in [-0.2, -0.15) is 0 Å². The molecule has 3 rings (SSSR count). The highest BCUT2D eigenvalue weighted by Crippen LogP contribution is 2.15. The first-order chi connectivity index (χ1) is 8.34. The smallest absolute Gasteiger partial charge is 0.282 e. The molecule has 6 nitrogen and oxygen atoms in total. The van der Waals surface area contributed by atoms with Gasteiger partial charge in [-0.3, -0.25) is 9.78 Å². The maximum Gasteiger partial charge on any atom is 0.282 e. The van der Waals surface area contributed by atoms with Crippen molar-refractivity contribution in [1.29, 1.82) is 0 Å². The topological polar surface area (TPSA) is 75.0 Å². The first kappa shape index (κ1) is 10.1. The minimum absolute atomic E-state index is 0.220. The van der Waals surface area contributed by atoms with Crippen molar-refractivity contribution in [2.75, 3.05) is 18.0 Å². The second kappa shape index (κ2) is 4.04. The Morgan fingerprint density at radius 3 is 2.76 bits per heavy atom. The van der Waals surface area contributed by atoms with Crippen LogP contribution in [-0.2, 0) is 0 Å². The molecule has 1 aliphatic rings. The molecule has 0 aliphatic carbocycles. The molecule has 17 heavy (non-hydrogen) atoms. The van der Waals surface area contributed by atoms with E-state index < -0.39 is 0 Å². The van der Waals surface area contributed by atoms with E-state index in [1.807, 2.05) is 4.90 Å². The first-order valence-electron chi connectivity index (χ1n) is 5.60. The summed E-state index contributed by atoms with van der Waals surface area (Å²) in [5, 5.41) is 7.97. The van der Waals surface area contributed by atoms with Crippen LogP contribution in [0.15, 0.2) is 27.6 Å². The van der Waals surface area contributed by atoms with Crippen molar-refractivity contribution in [3.8, 4) is 11.5 Å². The average molecular weight is 232 g/mol. The number of furan rings is 1. The van der Waals surface area contributed by atoms with E-state index in [1.165, 1.54) is 6.26 Å². The summed E-state index contributed by atoms with van der Waals surface area (Å²) in [4.78, 5) is 16.6. The number of aromatic amines is 1. The van der Waals surface area contributed by atoms with Gasteiger partial charge in [-0.25, -0.2) is 0 Å². The van der Waals surface area contributed by atoms with E-state index in [0.29, 0.717) is 11.7 Å². The zero-order valence-electron chi connectivity index (χ0n) is 9.22. The molecule has 1 saturated heterocycles. The second-order valence-electron chi connectivity index (χ2n) is 4.00. The molecule has 2 aromatic rings. The van der Waals surface area contributed by atoms with Crippen LogP contribution in [0.5, 0.6) is 0 Å². The third kappa shape index (κ3) is 1.82. The fourth-order valence-corrected chi connectivity index (χ4v) is 1.97. The summed E-state index contributed by atoms with van der Waals surface area (Å²) < 4.78 is 5.13. The van der Waals surface area contributed by atoms with Crippen LogP contribution in [0.2, 0.25) is 0 Å². The van der Waals surface area contributed by atoms with Crippen LogP contribution >= 0.6 is 0 Å². The molecule has 0 amide bonds. The highest BCUT2D eigenvalue weighted by Gasteiger charge is 2.17. The van der Waals surface area contributed by atoms with E-state index in [9.17, 15) is 4.79 Å². The first-order valence-corrected chi connectivity index (χ1v) is 5.60. The van der Waals surface area contributed by atoms with Gasteiger partial charge in [0.25, 0.3) is 5.56 Å². The van der Waals surface area contributed by atoms with Crippen molar-refractivity contribution in [2.24, 2.45) is 0 Å². The Morgan fingerprint density at radius 2 is 2.12 bits per heavy atom. The summed E-state index contributed by atoms with van der Waals surface area (Å²) in [6.07, 6.45) is 3.76. The lowest BCUT2D eigenvalue weighted by atomic mass is 10.3. The maximum absolute atomic E-state index is 11.9. The number of hydrogen-bond donors (Lipinski definition) is 1. The monoisotopic (exact) mass is 232 g/mol. The maximum atomic E-state index is 11.9. The minimum Gasteiger partial charge on any atom is -0.462 e. The number of aromatic nitrogens is 3. The Balaban J connectivity index is 1.97. The van der Waals surface area contributed by atoms with E-state index in [-0.39, 0.29) is 11.3 Å². The molecular weight excluding hydrogens is 220 g/mol. The summed E-state index contributed by atoms with van der Waals surface area (Å²) >= 11 is 0. The van der Waals surface area contributed by atoms with Gasteiger partial charge in [0, 0.05) is 13.1 Å². The van der Waals surface area contributed by atoms with Crippen LogP contribution in [0.25, 0.3) is 11.5 Å². The molecule has 0 aromatic carbocycles. The lowest BCUT2D eigenvalue weighted by Crippen LogP contribution is -2.25. The molecule has 0 atom stereocenters. The third-order valence-corrected chi connectivity index (χ3v) is 2.85. The molecule has 1 fully saturated rings. The number of H-pyrrole nitrogens is 1. The van der Waals surface area contributed by atoms with Gasteiger partial charge in [0.05, 0.1) is 6.26 Å². The number of nitrogens with zero attached hydrogens (tertiary/aromatic N) is 3. The lowest BCUT2D eigenvalue weighted by Gasteiger charge is -2.14. The largest absolute Gasteiger partial charge is 0.462 e. The molecule has 88 valence electrons. The number of anilines is 1. The van der Waals surface area contributed by atoms with Gasteiger partial charge in [-0.05, 0) is 25.0 Å². The van der Waals surface area contributed by atoms with Crippen molar-refractivity contribution < 1.29 is 4.42 Å². The molecule has 0 saturated carbocycles. The molecule has 0 spiro atoms. The SMILES string of the molecule is O=c1[nH]c(N2CCCC2)nnc1-c1ccco1. The number of rotatable bonds is 2. The van der Waals surface area contributed by atoms with E-state index in [4.69, 9.17) is 4.42 Å². The summed E-state index contributed by atoms with van der Waals surface area (Å²) in [6.45, 7) is 1.84. The van der Waals surface area contributed by atoms with Gasteiger partial charge in [-0.1, -0.05) is 0 Å². The fourth-order valence-electron chi connectivity index (χ4n) is 1.97. The van der Waals surface area contributed by atoms with E-state index >= 15 is 0 Å². The van der Waals surface area contributed by atoms with Crippen LogP contribution in [0.4, 0.5) is 5.95 Å². The summed E-state index contributed by atoms with van der Waals surface area (Å²) in [6, 6.07) is 3.40. The van der Waals surface area contributed by atoms with Crippen molar-refractivity contribution >= 4 is 5.95 Å². The predicted octanol–water partition coefficient (Wildman–Crippen LogP) is 1.03. The Labute approximate surface area is 97.3 Å². The number of nitrogens with one attached hydrogen (secondary N) is 1. The minimum atomic E-state index is -0.267. The highest BCUT2D eigenvalue weighted by atomic mass is 16.3. The average Bonchev–Trinajstić information content (AvgIpc) is 3.02. The lowest BCUT2D eigenvalue weighted by molar-refractivity contribution is 0.577. The quantitative estimate of drug-likeness (QED) is 0.836. The molecule has 0 radical (unpaired) electrons. The van der Waals surface area contributed by atoms with Crippen molar-refractivity contribution in [3.63, 3.8) is 0 Å². The normalized spacial score (nSPS) is 15.4. The Bertz CT molecular complexity index is 555. The van der Waals surface area contributed by atoms with E-state index in [2.05, 4.69) is 15.2 Å². The Kier molecular flexibility index (Phi) is 2.40. The van der Waals surface area contributed by atoms with Crippen LogP contribution in [-0.4, -0.2) is 28.3 Å². The molecule has 1 N–H and O–H groups in total. The summed E-state index contributed by atoms with van der Waals surface area (Å²) in [5.41, 5.74) is -0.0465. The van der Waals surface area contributed by atoms with Gasteiger partial charge >= 0.3 is 0 Å². The predicted molar refractivity (Wildman–Crippen MR) is 61.8 cm³/mol. The van der Waals surface area contributed by atoms with Gasteiger partial charge in [0.1, 0.15) is 0 Å². The molecule has 3 heterocycles. The summed E-state index contributed by atoms with van der Waals surface area (Å²) in [5.74, 6) is 0.981. The molecule has 2 aromatic heterocycles. The molecule has 0 unspecified atom stereocenters. The van der Waals surface area contributed by atoms with Gasteiger partial charge < -0.3 is 9.32 Å². The van der Waals surface area contributed by atoms with Crippen molar-refractivity contribution in [2.45, 2.75) is 12.8 Å². The number of hydrogen-bond acceptors (Lipinski definition) is 5. The van der Waals surface area contributed by atoms with Gasteiger partial charge in [0.15, 0.2) is 11.5 Å². The zero-order chi connectivity index (χ0) is 11.7. The van der Waals surface area contributed by atoms with E-state index in [1.54, 1.807) is 12.1 Å². The zero-order valence-corrected chi connectivity index (χ0v) is 9.22. The van der Waals surface area contributed by atoms with Crippen LogP contribution in [0, 0.1) is 0 Å². The van der Waals surface area contributed by atoms with Crippen molar-refractivity contribution in [1.82, 2.24) is 15.2 Å². The van der Waals surface area contributed by atoms with Crippen molar-refractivity contribution in [3.05, 3.63) is 28.7 Å². The van der Waals surface area contributed by atoms with E-state index in [0.717, 1.165) is 25.9 Å². The molecular formula is C11H12N4O2. The standard InChI is InChI=1S/C11H12N4O2/c16-10-9(8-4-3-7-17-8)13-14-11(12-10)15-5-1-2-6-15/h3-4,7H,1-2,5-6H2,(H,12,14,16). The molecule has 1 aliphatic heterocycles. The third-order valence-electron chi connectivity index (χ3n) is 2.85.